The van der Waals surface area contributed by atoms with E-state index in [1.807, 2.05) is 6.07 Å². The number of benzene rings is 1. The molecular formula is C12H17NO2. The zero-order chi connectivity index (χ0) is 10.8. The van der Waals surface area contributed by atoms with Crippen molar-refractivity contribution in [2.75, 3.05) is 18.5 Å². The molecular weight excluding hydrogens is 190 g/mol. The zero-order valence-corrected chi connectivity index (χ0v) is 9.16. The Hall–Kier alpha value is -1.06. The molecule has 0 aromatic heterocycles. The molecule has 0 radical (unpaired) electrons. The molecule has 2 N–H and O–H groups in total. The van der Waals surface area contributed by atoms with Crippen LogP contribution in [0.2, 0.25) is 0 Å². The Bertz CT molecular complexity index is 331. The van der Waals surface area contributed by atoms with Crippen molar-refractivity contribution < 1.29 is 9.84 Å². The molecule has 3 nitrogen and oxygen atoms in total. The lowest BCUT2D eigenvalue weighted by Crippen LogP contribution is -2.32. The van der Waals surface area contributed by atoms with Gasteiger partial charge < -0.3 is 15.2 Å². The highest BCUT2D eigenvalue weighted by atomic mass is 16.5. The number of rotatable bonds is 2. The first-order valence-electron chi connectivity index (χ1n) is 5.27. The topological polar surface area (TPSA) is 41.5 Å². The maximum absolute atomic E-state index is 9.64. The predicted octanol–water partition coefficient (Wildman–Crippen LogP) is 1.48. The van der Waals surface area contributed by atoms with Crippen molar-refractivity contribution in [1.29, 1.82) is 0 Å². The summed E-state index contributed by atoms with van der Waals surface area (Å²) >= 11 is 0. The lowest BCUT2D eigenvalue weighted by molar-refractivity contribution is 0.125. The maximum atomic E-state index is 9.64. The Balaban J connectivity index is 2.16. The molecule has 1 heterocycles. The third-order valence-electron chi connectivity index (χ3n) is 2.86. The van der Waals surface area contributed by atoms with E-state index in [1.165, 1.54) is 11.1 Å². The smallest absolute Gasteiger partial charge is 0.0996 e. The normalized spacial score (nSPS) is 25.5. The van der Waals surface area contributed by atoms with Gasteiger partial charge in [-0.15, -0.1) is 0 Å². The Morgan fingerprint density at radius 3 is 2.47 bits per heavy atom. The van der Waals surface area contributed by atoms with Crippen molar-refractivity contribution in [1.82, 2.24) is 0 Å². The number of hydrogen-bond donors (Lipinski definition) is 2. The van der Waals surface area contributed by atoms with Crippen molar-refractivity contribution in [3.05, 3.63) is 29.3 Å². The van der Waals surface area contributed by atoms with Crippen LogP contribution >= 0.6 is 0 Å². The molecule has 1 aromatic carbocycles. The molecule has 1 aliphatic heterocycles. The van der Waals surface area contributed by atoms with Gasteiger partial charge in [-0.25, -0.2) is 0 Å². The summed E-state index contributed by atoms with van der Waals surface area (Å²) in [6.07, 6.45) is -0.399. The van der Waals surface area contributed by atoms with Crippen LogP contribution in [0.5, 0.6) is 0 Å². The van der Waals surface area contributed by atoms with E-state index in [0.29, 0.717) is 13.2 Å². The van der Waals surface area contributed by atoms with Gasteiger partial charge in [0.2, 0.25) is 0 Å². The number of aryl methyl sites for hydroxylation is 2. The molecule has 2 unspecified atom stereocenters. The molecule has 0 spiro atoms. The lowest BCUT2D eigenvalue weighted by atomic mass is 10.1. The second kappa shape index (κ2) is 4.21. The van der Waals surface area contributed by atoms with Gasteiger partial charge in [0.15, 0.2) is 0 Å². The number of nitrogens with one attached hydrogen (secondary N) is 1. The number of hydrogen-bond acceptors (Lipinski definition) is 3. The second-order valence-electron chi connectivity index (χ2n) is 4.12. The van der Waals surface area contributed by atoms with E-state index in [4.69, 9.17) is 4.74 Å². The molecule has 0 saturated carbocycles. The molecule has 2 rings (SSSR count). The van der Waals surface area contributed by atoms with Gasteiger partial charge in [0.05, 0.1) is 25.4 Å². The molecule has 0 bridgehead atoms. The number of para-hydroxylation sites is 1. The van der Waals surface area contributed by atoms with E-state index in [9.17, 15) is 5.11 Å². The molecule has 3 heteroatoms. The summed E-state index contributed by atoms with van der Waals surface area (Å²) in [6.45, 7) is 5.15. The number of ether oxygens (including phenoxy) is 1. The molecule has 1 aromatic rings. The Morgan fingerprint density at radius 1 is 1.27 bits per heavy atom. The molecule has 0 amide bonds. The first kappa shape index (κ1) is 10.5. The SMILES string of the molecule is Cc1cccc(C)c1NC1COCC1O. The molecule has 15 heavy (non-hydrogen) atoms. The minimum absolute atomic E-state index is 0.0183. The molecule has 1 saturated heterocycles. The van der Waals surface area contributed by atoms with Crippen LogP contribution in [0.4, 0.5) is 5.69 Å². The highest BCUT2D eigenvalue weighted by molar-refractivity contribution is 5.57. The first-order valence-corrected chi connectivity index (χ1v) is 5.27. The monoisotopic (exact) mass is 207 g/mol. The van der Waals surface area contributed by atoms with Crippen LogP contribution in [0, 0.1) is 13.8 Å². The van der Waals surface area contributed by atoms with Crippen LogP contribution in [-0.4, -0.2) is 30.5 Å². The van der Waals surface area contributed by atoms with Crippen molar-refractivity contribution in [2.24, 2.45) is 0 Å². The van der Waals surface area contributed by atoms with Gasteiger partial charge in [-0.05, 0) is 25.0 Å². The summed E-state index contributed by atoms with van der Waals surface area (Å²) in [6, 6.07) is 6.19. The molecule has 0 aliphatic carbocycles. The Labute approximate surface area is 90.1 Å². The fourth-order valence-corrected chi connectivity index (χ4v) is 1.91. The van der Waals surface area contributed by atoms with Gasteiger partial charge in [-0.2, -0.15) is 0 Å². The Kier molecular flexibility index (Phi) is 2.93. The van der Waals surface area contributed by atoms with Crippen molar-refractivity contribution in [2.45, 2.75) is 26.0 Å². The maximum Gasteiger partial charge on any atom is 0.0996 e. The van der Waals surface area contributed by atoms with Gasteiger partial charge >= 0.3 is 0 Å². The second-order valence-corrected chi connectivity index (χ2v) is 4.12. The molecule has 1 fully saturated rings. The average molecular weight is 207 g/mol. The van der Waals surface area contributed by atoms with E-state index < -0.39 is 6.10 Å². The van der Waals surface area contributed by atoms with E-state index >= 15 is 0 Å². The zero-order valence-electron chi connectivity index (χ0n) is 9.16. The molecule has 1 aliphatic rings. The molecule has 2 atom stereocenters. The van der Waals surface area contributed by atoms with Crippen molar-refractivity contribution in [3.63, 3.8) is 0 Å². The van der Waals surface area contributed by atoms with Crippen molar-refractivity contribution >= 4 is 5.69 Å². The molecule has 82 valence electrons. The van der Waals surface area contributed by atoms with Crippen LogP contribution in [-0.2, 0) is 4.74 Å². The summed E-state index contributed by atoms with van der Waals surface area (Å²) in [5, 5.41) is 13.0. The van der Waals surface area contributed by atoms with Crippen LogP contribution in [0.3, 0.4) is 0 Å². The number of aliphatic hydroxyl groups excluding tert-OH is 1. The largest absolute Gasteiger partial charge is 0.388 e. The third kappa shape index (κ3) is 2.13. The minimum Gasteiger partial charge on any atom is -0.388 e. The van der Waals surface area contributed by atoms with Crippen LogP contribution in [0.15, 0.2) is 18.2 Å². The van der Waals surface area contributed by atoms with E-state index in [-0.39, 0.29) is 6.04 Å². The predicted molar refractivity (Wildman–Crippen MR) is 60.2 cm³/mol. The number of anilines is 1. The summed E-state index contributed by atoms with van der Waals surface area (Å²) in [4.78, 5) is 0. The quantitative estimate of drug-likeness (QED) is 0.771. The summed E-state index contributed by atoms with van der Waals surface area (Å²) in [5.41, 5.74) is 3.52. The summed E-state index contributed by atoms with van der Waals surface area (Å²) in [5.74, 6) is 0. The highest BCUT2D eigenvalue weighted by Gasteiger charge is 2.26. The van der Waals surface area contributed by atoms with Crippen LogP contribution in [0.25, 0.3) is 0 Å². The highest BCUT2D eigenvalue weighted by Crippen LogP contribution is 2.22. The van der Waals surface area contributed by atoms with E-state index in [2.05, 4.69) is 31.3 Å². The van der Waals surface area contributed by atoms with Crippen LogP contribution < -0.4 is 5.32 Å². The summed E-state index contributed by atoms with van der Waals surface area (Å²) in [7, 11) is 0. The van der Waals surface area contributed by atoms with Gasteiger partial charge in [0.25, 0.3) is 0 Å². The van der Waals surface area contributed by atoms with Gasteiger partial charge in [-0.1, -0.05) is 18.2 Å². The first-order chi connectivity index (χ1) is 7.18. The van der Waals surface area contributed by atoms with Crippen molar-refractivity contribution in [3.8, 4) is 0 Å². The number of aliphatic hydroxyl groups is 1. The van der Waals surface area contributed by atoms with Gasteiger partial charge in [-0.3, -0.25) is 0 Å². The van der Waals surface area contributed by atoms with Gasteiger partial charge in [0.1, 0.15) is 0 Å². The average Bonchev–Trinajstić information content (AvgIpc) is 2.58. The van der Waals surface area contributed by atoms with E-state index in [0.717, 1.165) is 5.69 Å². The standard InChI is InChI=1S/C12H17NO2/c1-8-4-3-5-9(2)12(8)13-10-6-15-7-11(10)14/h3-5,10-11,13-14H,6-7H2,1-2H3. The fraction of sp³-hybridized carbons (Fsp3) is 0.500. The fourth-order valence-electron chi connectivity index (χ4n) is 1.91. The van der Waals surface area contributed by atoms with Crippen LogP contribution in [0.1, 0.15) is 11.1 Å². The lowest BCUT2D eigenvalue weighted by Gasteiger charge is -2.19. The van der Waals surface area contributed by atoms with Gasteiger partial charge in [0, 0.05) is 5.69 Å². The Morgan fingerprint density at radius 2 is 1.93 bits per heavy atom. The summed E-state index contributed by atoms with van der Waals surface area (Å²) < 4.78 is 5.21. The van der Waals surface area contributed by atoms with E-state index in [1.54, 1.807) is 0 Å². The third-order valence-corrected chi connectivity index (χ3v) is 2.86. The minimum atomic E-state index is -0.399.